The summed E-state index contributed by atoms with van der Waals surface area (Å²) < 4.78 is 1.06. The fourth-order valence-corrected chi connectivity index (χ4v) is 2.58. The third-order valence-corrected chi connectivity index (χ3v) is 4.49. The number of rotatable bonds is 5. The van der Waals surface area contributed by atoms with Gasteiger partial charge in [0.2, 0.25) is 0 Å². The van der Waals surface area contributed by atoms with E-state index in [2.05, 4.69) is 47.2 Å². The van der Waals surface area contributed by atoms with Gasteiger partial charge in [-0.3, -0.25) is 4.79 Å². The van der Waals surface area contributed by atoms with E-state index < -0.39 is 0 Å². The van der Waals surface area contributed by atoms with Crippen LogP contribution in [0.5, 0.6) is 0 Å². The van der Waals surface area contributed by atoms with Crippen molar-refractivity contribution in [1.82, 2.24) is 5.32 Å². The van der Waals surface area contributed by atoms with Gasteiger partial charge >= 0.3 is 0 Å². The molecule has 0 aliphatic heterocycles. The van der Waals surface area contributed by atoms with E-state index in [1.165, 1.54) is 5.56 Å². The van der Waals surface area contributed by atoms with Crippen LogP contribution < -0.4 is 10.2 Å². The molecule has 4 heteroatoms. The van der Waals surface area contributed by atoms with Crippen LogP contribution in [-0.4, -0.2) is 26.5 Å². The van der Waals surface area contributed by atoms with Crippen molar-refractivity contribution in [3.63, 3.8) is 0 Å². The molecule has 1 amide bonds. The van der Waals surface area contributed by atoms with Gasteiger partial charge < -0.3 is 10.2 Å². The van der Waals surface area contributed by atoms with Gasteiger partial charge in [-0.25, -0.2) is 0 Å². The topological polar surface area (TPSA) is 32.3 Å². The summed E-state index contributed by atoms with van der Waals surface area (Å²) in [6, 6.07) is 15.8. The molecule has 0 fully saturated rings. The SMILES string of the molecule is CN(C)c1ccc(C(=O)NCC(C)(C)c2ccc(Br)cc2)cc1. The fourth-order valence-electron chi connectivity index (χ4n) is 2.32. The minimum absolute atomic E-state index is 0.0412. The Morgan fingerprint density at radius 3 is 2.13 bits per heavy atom. The molecule has 0 spiro atoms. The second-order valence-corrected chi connectivity index (χ2v) is 7.43. The number of carbonyl (C=O) groups is 1. The summed E-state index contributed by atoms with van der Waals surface area (Å²) in [4.78, 5) is 14.3. The van der Waals surface area contributed by atoms with Crippen molar-refractivity contribution < 1.29 is 4.79 Å². The number of benzene rings is 2. The zero-order chi connectivity index (χ0) is 17.0. The van der Waals surface area contributed by atoms with E-state index in [9.17, 15) is 4.79 Å². The van der Waals surface area contributed by atoms with Gasteiger partial charge in [0, 0.05) is 41.8 Å². The molecule has 0 heterocycles. The molecule has 0 aliphatic carbocycles. The maximum absolute atomic E-state index is 12.3. The highest BCUT2D eigenvalue weighted by Gasteiger charge is 2.21. The normalized spacial score (nSPS) is 11.2. The summed E-state index contributed by atoms with van der Waals surface area (Å²) in [6.07, 6.45) is 0. The van der Waals surface area contributed by atoms with E-state index in [0.29, 0.717) is 12.1 Å². The van der Waals surface area contributed by atoms with Crippen LogP contribution in [0.3, 0.4) is 0 Å². The number of anilines is 1. The van der Waals surface area contributed by atoms with Gasteiger partial charge in [0.1, 0.15) is 0 Å². The first-order valence-electron chi connectivity index (χ1n) is 7.61. The highest BCUT2D eigenvalue weighted by Crippen LogP contribution is 2.24. The van der Waals surface area contributed by atoms with Crippen molar-refractivity contribution >= 4 is 27.5 Å². The second kappa shape index (κ2) is 7.18. The van der Waals surface area contributed by atoms with E-state index in [0.717, 1.165) is 10.2 Å². The second-order valence-electron chi connectivity index (χ2n) is 6.51. The molecule has 23 heavy (non-hydrogen) atoms. The maximum Gasteiger partial charge on any atom is 0.251 e. The molecule has 2 aromatic rings. The molecule has 2 rings (SSSR count). The van der Waals surface area contributed by atoms with Gasteiger partial charge in [0.15, 0.2) is 0 Å². The van der Waals surface area contributed by atoms with Gasteiger partial charge in [-0.05, 0) is 42.0 Å². The van der Waals surface area contributed by atoms with Crippen molar-refractivity contribution in [2.24, 2.45) is 0 Å². The Morgan fingerprint density at radius 2 is 1.61 bits per heavy atom. The lowest BCUT2D eigenvalue weighted by Crippen LogP contribution is -2.36. The molecule has 0 saturated carbocycles. The van der Waals surface area contributed by atoms with E-state index in [-0.39, 0.29) is 11.3 Å². The summed E-state index contributed by atoms with van der Waals surface area (Å²) in [7, 11) is 3.96. The number of amides is 1. The Kier molecular flexibility index (Phi) is 5.47. The minimum Gasteiger partial charge on any atom is -0.378 e. The van der Waals surface area contributed by atoms with Gasteiger partial charge in [-0.2, -0.15) is 0 Å². The first-order valence-corrected chi connectivity index (χ1v) is 8.40. The highest BCUT2D eigenvalue weighted by atomic mass is 79.9. The summed E-state index contributed by atoms with van der Waals surface area (Å²) in [5.74, 6) is -0.0412. The molecule has 0 atom stereocenters. The molecule has 0 aliphatic rings. The Balaban J connectivity index is 2.01. The van der Waals surface area contributed by atoms with Crippen molar-refractivity contribution in [3.8, 4) is 0 Å². The Bertz CT molecular complexity index is 661. The molecular weight excluding hydrogens is 352 g/mol. The third-order valence-electron chi connectivity index (χ3n) is 3.96. The molecule has 2 aromatic carbocycles. The standard InChI is InChI=1S/C19H23BrN2O/c1-19(2,15-7-9-16(20)10-8-15)13-21-18(23)14-5-11-17(12-6-14)22(3)4/h5-12H,13H2,1-4H3,(H,21,23). The predicted molar refractivity (Wildman–Crippen MR) is 100 cm³/mol. The molecule has 122 valence electrons. The number of hydrogen-bond donors (Lipinski definition) is 1. The minimum atomic E-state index is -0.125. The summed E-state index contributed by atoms with van der Waals surface area (Å²) in [5, 5.41) is 3.04. The molecule has 3 nitrogen and oxygen atoms in total. The zero-order valence-corrected chi connectivity index (χ0v) is 15.6. The number of nitrogens with one attached hydrogen (secondary N) is 1. The highest BCUT2D eigenvalue weighted by molar-refractivity contribution is 9.10. The van der Waals surface area contributed by atoms with E-state index in [4.69, 9.17) is 0 Å². The Labute approximate surface area is 146 Å². The fraction of sp³-hybridized carbons (Fsp3) is 0.316. The molecular formula is C19H23BrN2O. The summed E-state index contributed by atoms with van der Waals surface area (Å²) in [6.45, 7) is 4.85. The summed E-state index contributed by atoms with van der Waals surface area (Å²) in [5.41, 5.74) is 2.84. The van der Waals surface area contributed by atoms with E-state index >= 15 is 0 Å². The predicted octanol–water partition coefficient (Wildman–Crippen LogP) is 4.22. The Hall–Kier alpha value is -1.81. The first kappa shape index (κ1) is 17.5. The average molecular weight is 375 g/mol. The smallest absolute Gasteiger partial charge is 0.251 e. The first-order chi connectivity index (χ1) is 10.8. The monoisotopic (exact) mass is 374 g/mol. The van der Waals surface area contributed by atoms with Crippen LogP contribution in [0.4, 0.5) is 5.69 Å². The quantitative estimate of drug-likeness (QED) is 0.849. The van der Waals surface area contributed by atoms with Gasteiger partial charge in [0.25, 0.3) is 5.91 Å². The van der Waals surface area contributed by atoms with Crippen molar-refractivity contribution in [3.05, 3.63) is 64.1 Å². The molecule has 0 bridgehead atoms. The summed E-state index contributed by atoms with van der Waals surface area (Å²) >= 11 is 3.45. The van der Waals surface area contributed by atoms with Crippen molar-refractivity contribution in [2.45, 2.75) is 19.3 Å². The van der Waals surface area contributed by atoms with Crippen LogP contribution in [0.2, 0.25) is 0 Å². The van der Waals surface area contributed by atoms with Gasteiger partial charge in [-0.15, -0.1) is 0 Å². The lowest BCUT2D eigenvalue weighted by atomic mass is 9.84. The van der Waals surface area contributed by atoms with Gasteiger partial charge in [0.05, 0.1) is 0 Å². The molecule has 1 N–H and O–H groups in total. The molecule has 0 radical (unpaired) electrons. The van der Waals surface area contributed by atoms with Crippen molar-refractivity contribution in [2.75, 3.05) is 25.5 Å². The van der Waals surface area contributed by atoms with E-state index in [1.54, 1.807) is 0 Å². The van der Waals surface area contributed by atoms with Crippen LogP contribution in [0.25, 0.3) is 0 Å². The van der Waals surface area contributed by atoms with Crippen molar-refractivity contribution in [1.29, 1.82) is 0 Å². The maximum atomic E-state index is 12.3. The molecule has 0 aromatic heterocycles. The zero-order valence-electron chi connectivity index (χ0n) is 14.1. The van der Waals surface area contributed by atoms with Gasteiger partial charge in [-0.1, -0.05) is 41.9 Å². The van der Waals surface area contributed by atoms with Crippen LogP contribution in [0.15, 0.2) is 53.0 Å². The molecule has 0 unspecified atom stereocenters. The van der Waals surface area contributed by atoms with Crippen LogP contribution in [0, 0.1) is 0 Å². The molecule has 0 saturated heterocycles. The van der Waals surface area contributed by atoms with E-state index in [1.807, 2.05) is 55.4 Å². The van der Waals surface area contributed by atoms with Crippen LogP contribution in [0.1, 0.15) is 29.8 Å². The average Bonchev–Trinajstić information content (AvgIpc) is 2.53. The Morgan fingerprint density at radius 1 is 1.04 bits per heavy atom. The lowest BCUT2D eigenvalue weighted by Gasteiger charge is -2.26. The number of carbonyl (C=O) groups excluding carboxylic acids is 1. The number of nitrogens with zero attached hydrogens (tertiary/aromatic N) is 1. The number of halogens is 1. The third kappa shape index (κ3) is 4.58. The van der Waals surface area contributed by atoms with Crippen LogP contribution >= 0.6 is 15.9 Å². The number of hydrogen-bond acceptors (Lipinski definition) is 2. The lowest BCUT2D eigenvalue weighted by molar-refractivity contribution is 0.0945. The van der Waals surface area contributed by atoms with Crippen LogP contribution in [-0.2, 0) is 5.41 Å². The largest absolute Gasteiger partial charge is 0.378 e.